The minimum atomic E-state index is -0.0985. The number of nitrogens with zero attached hydrogens (tertiary/aromatic N) is 5. The lowest BCUT2D eigenvalue weighted by Crippen LogP contribution is -2.36. The van der Waals surface area contributed by atoms with E-state index in [1.807, 2.05) is 16.7 Å². The Balaban J connectivity index is 1.59. The molecule has 0 bridgehead atoms. The highest BCUT2D eigenvalue weighted by molar-refractivity contribution is 6.35. The number of halogens is 1. The third kappa shape index (κ3) is 4.30. The van der Waals surface area contributed by atoms with Gasteiger partial charge in [0.15, 0.2) is 5.82 Å². The van der Waals surface area contributed by atoms with Gasteiger partial charge in [0.2, 0.25) is 5.95 Å². The number of anilines is 3. The topological polar surface area (TPSA) is 161 Å². The molecule has 0 saturated carbocycles. The second kappa shape index (κ2) is 9.38. The summed E-state index contributed by atoms with van der Waals surface area (Å²) in [5.41, 5.74) is 12.1. The summed E-state index contributed by atoms with van der Waals surface area (Å²) in [6.07, 6.45) is 2.92. The van der Waals surface area contributed by atoms with Crippen molar-refractivity contribution in [1.82, 2.24) is 24.8 Å². The summed E-state index contributed by atoms with van der Waals surface area (Å²) in [6.45, 7) is 2.19. The molecule has 0 radical (unpaired) electrons. The minimum absolute atomic E-state index is 0.00294. The molecular weight excluding hydrogens is 430 g/mol. The number of nitrogen functional groups attached to an aromatic ring is 2. The molecule has 3 heterocycles. The van der Waals surface area contributed by atoms with Gasteiger partial charge in [-0.05, 0) is 44.5 Å². The van der Waals surface area contributed by atoms with Gasteiger partial charge in [0.1, 0.15) is 23.3 Å². The Morgan fingerprint density at radius 1 is 1.25 bits per heavy atom. The van der Waals surface area contributed by atoms with Crippen molar-refractivity contribution >= 4 is 40.1 Å². The van der Waals surface area contributed by atoms with Crippen molar-refractivity contribution in [2.75, 3.05) is 36.4 Å². The van der Waals surface area contributed by atoms with Crippen LogP contribution in [0.15, 0.2) is 23.0 Å². The van der Waals surface area contributed by atoms with Crippen LogP contribution in [0, 0.1) is 11.3 Å². The number of nitrogens with two attached hydrogens (primary N) is 2. The fourth-order valence-electron chi connectivity index (χ4n) is 4.05. The molecule has 1 saturated heterocycles. The van der Waals surface area contributed by atoms with Crippen LogP contribution < -0.4 is 27.7 Å². The van der Waals surface area contributed by atoms with Crippen LogP contribution in [-0.4, -0.2) is 39.2 Å². The fourth-order valence-corrected chi connectivity index (χ4v) is 4.30. The first-order chi connectivity index (χ1) is 15.5. The molecule has 0 atom stereocenters. The monoisotopic (exact) mass is 453 g/mol. The molecule has 0 spiro atoms. The number of fused-ring (bicyclic) bond motifs is 1. The van der Waals surface area contributed by atoms with Crippen LogP contribution in [0.4, 0.5) is 17.6 Å². The molecule has 0 amide bonds. The molecule has 0 aliphatic carbocycles. The molecule has 32 heavy (non-hydrogen) atoms. The third-order valence-corrected chi connectivity index (χ3v) is 5.88. The number of benzene rings is 1. The lowest BCUT2D eigenvalue weighted by atomic mass is 10.1. The smallest absolute Gasteiger partial charge is 0.263 e. The molecular formula is C21H24ClN9O. The molecule has 3 aromatic rings. The molecule has 1 aromatic carbocycles. The van der Waals surface area contributed by atoms with Gasteiger partial charge in [-0.1, -0.05) is 17.7 Å². The maximum atomic E-state index is 13.4. The first-order valence-corrected chi connectivity index (χ1v) is 10.8. The van der Waals surface area contributed by atoms with Crippen LogP contribution >= 0.6 is 11.6 Å². The van der Waals surface area contributed by atoms with Crippen LogP contribution in [0.3, 0.4) is 0 Å². The molecule has 1 fully saturated rings. The maximum Gasteiger partial charge on any atom is 0.263 e. The maximum absolute atomic E-state index is 13.4. The standard InChI is InChI=1S/C21H24ClN9O/c22-14-3-1-4-15-17(14)20(32)31(12-6-9-26-10-7-12)16(28-15)5-2-8-27-19-13(11-23)18(24)29-21(25)30-19/h1,3-4,12,26H,2,5-10H2,(H5,24,25,27,29,30). The van der Waals surface area contributed by atoms with Crippen molar-refractivity contribution in [1.29, 1.82) is 5.26 Å². The van der Waals surface area contributed by atoms with E-state index < -0.39 is 0 Å². The predicted octanol–water partition coefficient (Wildman–Crippen LogP) is 1.85. The molecule has 1 aliphatic heterocycles. The number of nitriles is 1. The number of hydrogen-bond acceptors (Lipinski definition) is 9. The Morgan fingerprint density at radius 2 is 2.03 bits per heavy atom. The molecule has 11 heteroatoms. The van der Waals surface area contributed by atoms with E-state index in [1.54, 1.807) is 12.1 Å². The average Bonchev–Trinajstić information content (AvgIpc) is 2.77. The number of rotatable bonds is 6. The highest BCUT2D eigenvalue weighted by atomic mass is 35.5. The summed E-state index contributed by atoms with van der Waals surface area (Å²) in [4.78, 5) is 26.1. The van der Waals surface area contributed by atoms with E-state index in [-0.39, 0.29) is 28.9 Å². The van der Waals surface area contributed by atoms with Gasteiger partial charge in [-0.2, -0.15) is 15.2 Å². The van der Waals surface area contributed by atoms with Gasteiger partial charge >= 0.3 is 0 Å². The lowest BCUT2D eigenvalue weighted by Gasteiger charge is -2.27. The third-order valence-electron chi connectivity index (χ3n) is 5.56. The van der Waals surface area contributed by atoms with E-state index in [9.17, 15) is 10.1 Å². The Bertz CT molecular complexity index is 1240. The van der Waals surface area contributed by atoms with Crippen LogP contribution in [0.2, 0.25) is 5.02 Å². The Kier molecular flexibility index (Phi) is 6.39. The summed E-state index contributed by atoms with van der Waals surface area (Å²) in [6, 6.07) is 7.39. The molecule has 10 nitrogen and oxygen atoms in total. The van der Waals surface area contributed by atoms with Crippen molar-refractivity contribution in [3.05, 3.63) is 45.0 Å². The quantitative estimate of drug-likeness (QED) is 0.408. The Labute approximate surface area is 189 Å². The number of piperidine rings is 1. The van der Waals surface area contributed by atoms with Crippen molar-refractivity contribution in [3.8, 4) is 6.07 Å². The second-order valence-electron chi connectivity index (χ2n) is 7.65. The number of aromatic nitrogens is 4. The zero-order chi connectivity index (χ0) is 22.7. The van der Waals surface area contributed by atoms with Crippen LogP contribution in [0.25, 0.3) is 10.9 Å². The van der Waals surface area contributed by atoms with Gasteiger partial charge in [-0.25, -0.2) is 4.98 Å². The van der Waals surface area contributed by atoms with Crippen LogP contribution in [0.5, 0.6) is 0 Å². The molecule has 2 aromatic heterocycles. The van der Waals surface area contributed by atoms with Gasteiger partial charge in [-0.3, -0.25) is 9.36 Å². The van der Waals surface area contributed by atoms with Crippen molar-refractivity contribution in [2.24, 2.45) is 0 Å². The first-order valence-electron chi connectivity index (χ1n) is 10.5. The van der Waals surface area contributed by atoms with Gasteiger partial charge in [-0.15, -0.1) is 0 Å². The number of aryl methyl sites for hydroxylation is 1. The zero-order valence-electron chi connectivity index (χ0n) is 17.4. The highest BCUT2D eigenvalue weighted by Gasteiger charge is 2.22. The van der Waals surface area contributed by atoms with E-state index in [0.717, 1.165) is 31.8 Å². The van der Waals surface area contributed by atoms with Gasteiger partial charge in [0.25, 0.3) is 5.56 Å². The summed E-state index contributed by atoms with van der Waals surface area (Å²) in [5, 5.41) is 16.6. The highest BCUT2D eigenvalue weighted by Crippen LogP contribution is 2.24. The van der Waals surface area contributed by atoms with Crippen LogP contribution in [0.1, 0.15) is 36.7 Å². The summed E-state index contributed by atoms with van der Waals surface area (Å²) in [7, 11) is 0. The Morgan fingerprint density at radius 3 is 2.78 bits per heavy atom. The second-order valence-corrected chi connectivity index (χ2v) is 8.06. The van der Waals surface area contributed by atoms with E-state index in [4.69, 9.17) is 28.1 Å². The average molecular weight is 454 g/mol. The van der Waals surface area contributed by atoms with E-state index in [2.05, 4.69) is 20.6 Å². The summed E-state index contributed by atoms with van der Waals surface area (Å²) < 4.78 is 1.82. The Hall–Kier alpha value is -3.42. The number of hydrogen-bond donors (Lipinski definition) is 4. The summed E-state index contributed by atoms with van der Waals surface area (Å²) >= 11 is 6.34. The predicted molar refractivity (Wildman–Crippen MR) is 125 cm³/mol. The zero-order valence-corrected chi connectivity index (χ0v) is 18.2. The number of nitrogens with one attached hydrogen (secondary N) is 2. The van der Waals surface area contributed by atoms with Gasteiger partial charge in [0, 0.05) is 19.0 Å². The molecule has 0 unspecified atom stereocenters. The molecule has 166 valence electrons. The largest absolute Gasteiger partial charge is 0.382 e. The van der Waals surface area contributed by atoms with E-state index in [1.165, 1.54) is 0 Å². The van der Waals surface area contributed by atoms with Gasteiger partial charge in [0.05, 0.1) is 15.9 Å². The van der Waals surface area contributed by atoms with Crippen molar-refractivity contribution in [3.63, 3.8) is 0 Å². The van der Waals surface area contributed by atoms with E-state index >= 15 is 0 Å². The van der Waals surface area contributed by atoms with Crippen LogP contribution in [-0.2, 0) is 6.42 Å². The minimum Gasteiger partial charge on any atom is -0.382 e. The fraction of sp³-hybridized carbons (Fsp3) is 0.381. The summed E-state index contributed by atoms with van der Waals surface area (Å²) in [5.74, 6) is 1.05. The van der Waals surface area contributed by atoms with Gasteiger partial charge < -0.3 is 22.1 Å². The molecule has 6 N–H and O–H groups in total. The van der Waals surface area contributed by atoms with E-state index in [0.29, 0.717) is 41.1 Å². The van der Waals surface area contributed by atoms with Crippen molar-refractivity contribution in [2.45, 2.75) is 31.7 Å². The molecule has 4 rings (SSSR count). The normalized spacial score (nSPS) is 14.4. The van der Waals surface area contributed by atoms with Crippen molar-refractivity contribution < 1.29 is 0 Å². The SMILES string of the molecule is N#Cc1c(N)nc(N)nc1NCCCc1nc2cccc(Cl)c2c(=O)n1C1CCNCC1. The lowest BCUT2D eigenvalue weighted by molar-refractivity contribution is 0.350. The molecule has 1 aliphatic rings. The first kappa shape index (κ1) is 21.8.